The van der Waals surface area contributed by atoms with Crippen molar-refractivity contribution in [3.05, 3.63) is 0 Å². The molecular formula is C8H16ClNO. The van der Waals surface area contributed by atoms with E-state index in [1.165, 1.54) is 25.7 Å². The number of nitrogens with one attached hydrogen (secondary N) is 1. The molecule has 1 aliphatic heterocycles. The summed E-state index contributed by atoms with van der Waals surface area (Å²) in [7, 11) is 0. The van der Waals surface area contributed by atoms with Crippen molar-refractivity contribution in [2.45, 2.75) is 31.9 Å². The van der Waals surface area contributed by atoms with E-state index in [0.29, 0.717) is 6.23 Å². The maximum atomic E-state index is 5.53. The Hall–Kier alpha value is 0.210. The van der Waals surface area contributed by atoms with Crippen LogP contribution in [0.25, 0.3) is 0 Å². The Balaban J connectivity index is 0.000000605. The maximum Gasteiger partial charge on any atom is 0.111 e. The molecule has 0 amide bonds. The SMILES string of the molecule is C1CCC(C2NCCO2)C1.Cl. The average Bonchev–Trinajstić information content (AvgIpc) is 2.59. The molecule has 2 rings (SSSR count). The van der Waals surface area contributed by atoms with Gasteiger partial charge in [0.2, 0.25) is 0 Å². The summed E-state index contributed by atoms with van der Waals surface area (Å²) in [5.41, 5.74) is 0. The van der Waals surface area contributed by atoms with Crippen LogP contribution < -0.4 is 5.32 Å². The zero-order valence-electron chi connectivity index (χ0n) is 6.71. The third kappa shape index (κ3) is 2.08. The van der Waals surface area contributed by atoms with E-state index in [1.54, 1.807) is 0 Å². The van der Waals surface area contributed by atoms with Gasteiger partial charge < -0.3 is 4.74 Å². The minimum atomic E-state index is 0. The molecule has 1 unspecified atom stereocenters. The van der Waals surface area contributed by atoms with Crippen molar-refractivity contribution in [1.29, 1.82) is 0 Å². The topological polar surface area (TPSA) is 21.3 Å². The predicted molar refractivity (Wildman–Crippen MR) is 46.9 cm³/mol. The van der Waals surface area contributed by atoms with E-state index in [0.717, 1.165) is 19.1 Å². The molecule has 66 valence electrons. The largest absolute Gasteiger partial charge is 0.362 e. The van der Waals surface area contributed by atoms with Crippen LogP contribution in [0, 0.1) is 5.92 Å². The van der Waals surface area contributed by atoms with Crippen molar-refractivity contribution in [2.24, 2.45) is 5.92 Å². The second-order valence-corrected chi connectivity index (χ2v) is 3.29. The lowest BCUT2D eigenvalue weighted by Crippen LogP contribution is -2.29. The Labute approximate surface area is 74.1 Å². The highest BCUT2D eigenvalue weighted by Crippen LogP contribution is 2.28. The lowest BCUT2D eigenvalue weighted by Gasteiger charge is -2.16. The van der Waals surface area contributed by atoms with E-state index in [1.807, 2.05) is 0 Å². The summed E-state index contributed by atoms with van der Waals surface area (Å²) >= 11 is 0. The van der Waals surface area contributed by atoms with Crippen LogP contribution in [0.4, 0.5) is 0 Å². The van der Waals surface area contributed by atoms with E-state index in [4.69, 9.17) is 4.74 Å². The van der Waals surface area contributed by atoms with E-state index in [2.05, 4.69) is 5.32 Å². The van der Waals surface area contributed by atoms with Gasteiger partial charge in [0, 0.05) is 6.54 Å². The van der Waals surface area contributed by atoms with Gasteiger partial charge in [0.25, 0.3) is 0 Å². The summed E-state index contributed by atoms with van der Waals surface area (Å²) in [4.78, 5) is 0. The summed E-state index contributed by atoms with van der Waals surface area (Å²) in [6.07, 6.45) is 5.97. The van der Waals surface area contributed by atoms with Gasteiger partial charge in [-0.2, -0.15) is 0 Å². The van der Waals surface area contributed by atoms with Crippen molar-refractivity contribution in [3.8, 4) is 0 Å². The number of hydrogen-bond acceptors (Lipinski definition) is 2. The first-order chi connectivity index (χ1) is 4.97. The van der Waals surface area contributed by atoms with Crippen molar-refractivity contribution in [3.63, 3.8) is 0 Å². The van der Waals surface area contributed by atoms with Crippen LogP contribution in [-0.2, 0) is 4.74 Å². The van der Waals surface area contributed by atoms with Gasteiger partial charge in [0.15, 0.2) is 0 Å². The first kappa shape index (κ1) is 9.30. The summed E-state index contributed by atoms with van der Waals surface area (Å²) < 4.78 is 5.53. The number of hydrogen-bond donors (Lipinski definition) is 1. The van der Waals surface area contributed by atoms with E-state index < -0.39 is 0 Å². The molecule has 0 bridgehead atoms. The third-order valence-corrected chi connectivity index (χ3v) is 2.57. The molecule has 1 atom stereocenters. The van der Waals surface area contributed by atoms with Gasteiger partial charge in [0.05, 0.1) is 6.61 Å². The molecule has 2 aliphatic rings. The van der Waals surface area contributed by atoms with Crippen LogP contribution in [0.5, 0.6) is 0 Å². The fraction of sp³-hybridized carbons (Fsp3) is 1.00. The molecular weight excluding hydrogens is 162 g/mol. The van der Waals surface area contributed by atoms with Crippen LogP contribution >= 0.6 is 12.4 Å². The number of ether oxygens (including phenoxy) is 1. The van der Waals surface area contributed by atoms with Gasteiger partial charge in [-0.25, -0.2) is 0 Å². The molecule has 0 aromatic carbocycles. The molecule has 0 aromatic rings. The van der Waals surface area contributed by atoms with Crippen LogP contribution in [-0.4, -0.2) is 19.4 Å². The molecule has 0 aromatic heterocycles. The maximum absolute atomic E-state index is 5.53. The highest BCUT2D eigenvalue weighted by Gasteiger charge is 2.27. The summed E-state index contributed by atoms with van der Waals surface area (Å²) in [5.74, 6) is 0.822. The van der Waals surface area contributed by atoms with Crippen molar-refractivity contribution < 1.29 is 4.74 Å². The van der Waals surface area contributed by atoms with Gasteiger partial charge in [0.1, 0.15) is 6.23 Å². The van der Waals surface area contributed by atoms with Gasteiger partial charge >= 0.3 is 0 Å². The molecule has 0 radical (unpaired) electrons. The Morgan fingerprint density at radius 3 is 2.45 bits per heavy atom. The quantitative estimate of drug-likeness (QED) is 0.656. The Bertz CT molecular complexity index is 94.7. The molecule has 3 heteroatoms. The molecule has 0 spiro atoms. The molecule has 2 fully saturated rings. The van der Waals surface area contributed by atoms with Crippen LogP contribution in [0.3, 0.4) is 0 Å². The van der Waals surface area contributed by atoms with Crippen molar-refractivity contribution in [2.75, 3.05) is 13.2 Å². The summed E-state index contributed by atoms with van der Waals surface area (Å²) in [6.45, 7) is 1.97. The molecule has 1 N–H and O–H groups in total. The zero-order valence-corrected chi connectivity index (χ0v) is 7.53. The third-order valence-electron chi connectivity index (χ3n) is 2.57. The first-order valence-electron chi connectivity index (χ1n) is 4.32. The number of rotatable bonds is 1. The fourth-order valence-electron chi connectivity index (χ4n) is 2.01. The molecule has 2 nitrogen and oxygen atoms in total. The van der Waals surface area contributed by atoms with Crippen LogP contribution in [0.15, 0.2) is 0 Å². The van der Waals surface area contributed by atoms with E-state index in [-0.39, 0.29) is 12.4 Å². The predicted octanol–water partition coefficient (Wildman–Crippen LogP) is 1.54. The fourth-order valence-corrected chi connectivity index (χ4v) is 2.01. The van der Waals surface area contributed by atoms with Gasteiger partial charge in [-0.15, -0.1) is 12.4 Å². The Morgan fingerprint density at radius 1 is 1.18 bits per heavy atom. The lowest BCUT2D eigenvalue weighted by molar-refractivity contribution is 0.0544. The van der Waals surface area contributed by atoms with Crippen molar-refractivity contribution >= 4 is 12.4 Å². The number of halogens is 1. The second-order valence-electron chi connectivity index (χ2n) is 3.29. The van der Waals surface area contributed by atoms with Gasteiger partial charge in [-0.1, -0.05) is 12.8 Å². The minimum Gasteiger partial charge on any atom is -0.362 e. The van der Waals surface area contributed by atoms with Crippen molar-refractivity contribution in [1.82, 2.24) is 5.32 Å². The van der Waals surface area contributed by atoms with E-state index >= 15 is 0 Å². The molecule has 1 saturated heterocycles. The minimum absolute atomic E-state index is 0. The highest BCUT2D eigenvalue weighted by atomic mass is 35.5. The average molecular weight is 178 g/mol. The molecule has 11 heavy (non-hydrogen) atoms. The standard InChI is InChI=1S/C8H15NO.ClH/c1-2-4-7(3-1)8-9-5-6-10-8;/h7-9H,1-6H2;1H. The lowest BCUT2D eigenvalue weighted by atomic mass is 10.1. The Morgan fingerprint density at radius 2 is 1.91 bits per heavy atom. The zero-order chi connectivity index (χ0) is 6.81. The summed E-state index contributed by atoms with van der Waals surface area (Å²) in [5, 5.41) is 3.38. The second kappa shape index (κ2) is 4.29. The van der Waals surface area contributed by atoms with Crippen LogP contribution in [0.1, 0.15) is 25.7 Å². The van der Waals surface area contributed by atoms with Gasteiger partial charge in [-0.05, 0) is 18.8 Å². The molecule has 1 saturated carbocycles. The van der Waals surface area contributed by atoms with E-state index in [9.17, 15) is 0 Å². The molecule has 1 aliphatic carbocycles. The normalized spacial score (nSPS) is 32.2. The van der Waals surface area contributed by atoms with Crippen LogP contribution in [0.2, 0.25) is 0 Å². The molecule has 1 heterocycles. The Kier molecular flexibility index (Phi) is 3.63. The first-order valence-corrected chi connectivity index (χ1v) is 4.32. The smallest absolute Gasteiger partial charge is 0.111 e. The monoisotopic (exact) mass is 177 g/mol. The van der Waals surface area contributed by atoms with Gasteiger partial charge in [-0.3, -0.25) is 5.32 Å². The highest BCUT2D eigenvalue weighted by molar-refractivity contribution is 5.85. The summed E-state index contributed by atoms with van der Waals surface area (Å²) in [6, 6.07) is 0.